The molecule has 0 aliphatic carbocycles. The Morgan fingerprint density at radius 2 is 2.36 bits per heavy atom. The van der Waals surface area contributed by atoms with Gasteiger partial charge >= 0.3 is 0 Å². The molecule has 1 aromatic heterocycles. The average Bonchev–Trinajstić information content (AvgIpc) is 2.18. The van der Waals surface area contributed by atoms with E-state index in [0.717, 1.165) is 10.9 Å². The number of hydrogen-bond donors (Lipinski definition) is 1. The van der Waals surface area contributed by atoms with Crippen LogP contribution in [-0.2, 0) is 0 Å². The van der Waals surface area contributed by atoms with Crippen LogP contribution in [0.3, 0.4) is 0 Å². The predicted molar refractivity (Wildman–Crippen MR) is 59.6 cm³/mol. The fourth-order valence-corrected chi connectivity index (χ4v) is 1.41. The largest absolute Gasteiger partial charge is 0.352 e. The third-order valence-corrected chi connectivity index (χ3v) is 2.26. The molecule has 1 aromatic rings. The monoisotopic (exact) mass is 276 g/mol. The van der Waals surface area contributed by atoms with Gasteiger partial charge in [0.15, 0.2) is 0 Å². The summed E-state index contributed by atoms with van der Waals surface area (Å²) in [5.74, 6) is 0.431. The Bertz CT molecular complexity index is 319. The van der Waals surface area contributed by atoms with Gasteiger partial charge in [-0.3, -0.25) is 9.78 Å². The maximum atomic E-state index is 11.5. The molecular weight excluding hydrogens is 267 g/mol. The van der Waals surface area contributed by atoms with Gasteiger partial charge in [0, 0.05) is 29.3 Å². The van der Waals surface area contributed by atoms with Gasteiger partial charge in [-0.1, -0.05) is 0 Å². The molecule has 0 unspecified atom stereocenters. The molecule has 0 saturated heterocycles. The molecule has 0 aromatic carbocycles. The first-order valence-electron chi connectivity index (χ1n) is 4.19. The molecule has 0 aliphatic heterocycles. The van der Waals surface area contributed by atoms with Crippen LogP contribution < -0.4 is 5.32 Å². The van der Waals surface area contributed by atoms with E-state index in [1.807, 2.05) is 0 Å². The number of amides is 1. The molecule has 1 amide bonds. The van der Waals surface area contributed by atoms with Gasteiger partial charge in [-0.2, -0.15) is 0 Å². The molecule has 0 bridgehead atoms. The average molecular weight is 278 g/mol. The minimum atomic E-state index is -0.121. The van der Waals surface area contributed by atoms with E-state index in [1.165, 1.54) is 6.20 Å². The van der Waals surface area contributed by atoms with Crippen molar-refractivity contribution in [1.29, 1.82) is 0 Å². The molecule has 0 fully saturated rings. The van der Waals surface area contributed by atoms with Crippen molar-refractivity contribution in [3.05, 3.63) is 28.5 Å². The van der Waals surface area contributed by atoms with Crippen molar-refractivity contribution in [3.63, 3.8) is 0 Å². The Hall–Kier alpha value is -0.610. The lowest BCUT2D eigenvalue weighted by Crippen LogP contribution is -2.24. The second kappa shape index (κ2) is 5.98. The highest BCUT2D eigenvalue weighted by atomic mass is 79.9. The van der Waals surface area contributed by atoms with Crippen LogP contribution in [0, 0.1) is 0 Å². The number of nitrogens with one attached hydrogen (secondary N) is 1. The van der Waals surface area contributed by atoms with Gasteiger partial charge in [0.05, 0.1) is 5.56 Å². The Labute approximate surface area is 96.0 Å². The van der Waals surface area contributed by atoms with E-state index < -0.39 is 0 Å². The summed E-state index contributed by atoms with van der Waals surface area (Å²) in [6.07, 6.45) is 3.94. The molecular formula is C9H10BrClN2O. The predicted octanol–water partition coefficient (Wildman–Crippen LogP) is 2.20. The van der Waals surface area contributed by atoms with Crippen LogP contribution in [0.25, 0.3) is 0 Å². The molecule has 14 heavy (non-hydrogen) atoms. The topological polar surface area (TPSA) is 42.0 Å². The third-order valence-electron chi connectivity index (χ3n) is 1.56. The third kappa shape index (κ3) is 3.64. The number of carbonyl (C=O) groups is 1. The summed E-state index contributed by atoms with van der Waals surface area (Å²) < 4.78 is 0.794. The van der Waals surface area contributed by atoms with E-state index in [0.29, 0.717) is 18.0 Å². The van der Waals surface area contributed by atoms with Crippen molar-refractivity contribution < 1.29 is 4.79 Å². The highest BCUT2D eigenvalue weighted by Gasteiger charge is 2.04. The first kappa shape index (κ1) is 11.5. The van der Waals surface area contributed by atoms with Gasteiger partial charge in [0.1, 0.15) is 0 Å². The van der Waals surface area contributed by atoms with Gasteiger partial charge in [-0.15, -0.1) is 11.6 Å². The van der Waals surface area contributed by atoms with Crippen molar-refractivity contribution >= 4 is 33.4 Å². The maximum Gasteiger partial charge on any atom is 0.252 e. The number of carbonyl (C=O) groups excluding carboxylic acids is 1. The summed E-state index contributed by atoms with van der Waals surface area (Å²) in [5.41, 5.74) is 0.550. The number of halogens is 2. The van der Waals surface area contributed by atoms with Crippen LogP contribution in [0.1, 0.15) is 16.8 Å². The summed E-state index contributed by atoms with van der Waals surface area (Å²) in [5, 5.41) is 2.74. The molecule has 5 heteroatoms. The number of nitrogens with zero attached hydrogens (tertiary/aromatic N) is 1. The van der Waals surface area contributed by atoms with Crippen LogP contribution >= 0.6 is 27.5 Å². The fourth-order valence-electron chi connectivity index (χ4n) is 0.907. The van der Waals surface area contributed by atoms with Crippen molar-refractivity contribution in [2.75, 3.05) is 12.4 Å². The molecule has 1 heterocycles. The van der Waals surface area contributed by atoms with Crippen LogP contribution in [0.15, 0.2) is 22.9 Å². The Kier molecular flexibility index (Phi) is 4.90. The van der Waals surface area contributed by atoms with Gasteiger partial charge in [-0.25, -0.2) is 0 Å². The molecule has 3 nitrogen and oxygen atoms in total. The van der Waals surface area contributed by atoms with E-state index in [9.17, 15) is 4.79 Å². The SMILES string of the molecule is O=C(NCCCCl)c1cncc(Br)c1. The zero-order chi connectivity index (χ0) is 10.4. The van der Waals surface area contributed by atoms with Crippen molar-refractivity contribution in [2.45, 2.75) is 6.42 Å². The van der Waals surface area contributed by atoms with Gasteiger partial charge in [-0.05, 0) is 28.4 Å². The first-order chi connectivity index (χ1) is 6.74. The lowest BCUT2D eigenvalue weighted by Gasteiger charge is -2.03. The van der Waals surface area contributed by atoms with E-state index in [-0.39, 0.29) is 5.91 Å². The minimum Gasteiger partial charge on any atom is -0.352 e. The molecule has 0 spiro atoms. The minimum absolute atomic E-state index is 0.121. The first-order valence-corrected chi connectivity index (χ1v) is 5.51. The second-order valence-electron chi connectivity index (χ2n) is 2.69. The van der Waals surface area contributed by atoms with E-state index in [1.54, 1.807) is 12.3 Å². The Balaban J connectivity index is 2.52. The summed E-state index contributed by atoms with van der Waals surface area (Å²) in [7, 11) is 0. The van der Waals surface area contributed by atoms with Crippen molar-refractivity contribution in [3.8, 4) is 0 Å². The van der Waals surface area contributed by atoms with Crippen LogP contribution in [-0.4, -0.2) is 23.3 Å². The fraction of sp³-hybridized carbons (Fsp3) is 0.333. The van der Waals surface area contributed by atoms with E-state index in [4.69, 9.17) is 11.6 Å². The number of aromatic nitrogens is 1. The number of alkyl halides is 1. The summed E-state index contributed by atoms with van der Waals surface area (Å²) in [4.78, 5) is 15.4. The summed E-state index contributed by atoms with van der Waals surface area (Å²) >= 11 is 8.73. The molecule has 0 aliphatic rings. The quantitative estimate of drug-likeness (QED) is 0.677. The summed E-state index contributed by atoms with van der Waals surface area (Å²) in [6.45, 7) is 0.592. The highest BCUT2D eigenvalue weighted by molar-refractivity contribution is 9.10. The molecule has 0 saturated carbocycles. The smallest absolute Gasteiger partial charge is 0.252 e. The highest BCUT2D eigenvalue weighted by Crippen LogP contribution is 2.09. The standard InChI is InChI=1S/C9H10BrClN2O/c10-8-4-7(5-12-6-8)9(14)13-3-1-2-11/h4-6H,1-3H2,(H,13,14). The molecule has 76 valence electrons. The number of hydrogen-bond acceptors (Lipinski definition) is 2. The van der Waals surface area contributed by atoms with Crippen LogP contribution in [0.5, 0.6) is 0 Å². The van der Waals surface area contributed by atoms with Gasteiger partial charge in [0.2, 0.25) is 0 Å². The number of pyridine rings is 1. The van der Waals surface area contributed by atoms with Gasteiger partial charge in [0.25, 0.3) is 5.91 Å². The molecule has 1 N–H and O–H groups in total. The zero-order valence-corrected chi connectivity index (χ0v) is 9.81. The van der Waals surface area contributed by atoms with E-state index in [2.05, 4.69) is 26.2 Å². The number of rotatable bonds is 4. The molecule has 0 radical (unpaired) electrons. The van der Waals surface area contributed by atoms with E-state index >= 15 is 0 Å². The normalized spacial score (nSPS) is 9.86. The van der Waals surface area contributed by atoms with Crippen molar-refractivity contribution in [1.82, 2.24) is 10.3 Å². The summed E-state index contributed by atoms with van der Waals surface area (Å²) in [6, 6.07) is 1.73. The molecule has 0 atom stereocenters. The maximum absolute atomic E-state index is 11.5. The van der Waals surface area contributed by atoms with Crippen LogP contribution in [0.2, 0.25) is 0 Å². The molecule has 1 rings (SSSR count). The Morgan fingerprint density at radius 3 is 3.00 bits per heavy atom. The Morgan fingerprint density at radius 1 is 1.57 bits per heavy atom. The zero-order valence-electron chi connectivity index (χ0n) is 7.46. The van der Waals surface area contributed by atoms with Gasteiger partial charge < -0.3 is 5.32 Å². The van der Waals surface area contributed by atoms with Crippen molar-refractivity contribution in [2.24, 2.45) is 0 Å². The van der Waals surface area contributed by atoms with Crippen LogP contribution in [0.4, 0.5) is 0 Å². The second-order valence-corrected chi connectivity index (χ2v) is 3.98. The lowest BCUT2D eigenvalue weighted by molar-refractivity contribution is 0.0953. The lowest BCUT2D eigenvalue weighted by atomic mass is 10.2.